The quantitative estimate of drug-likeness (QED) is 0.262. The Morgan fingerprint density at radius 2 is 1.18 bits per heavy atom. The van der Waals surface area contributed by atoms with Gasteiger partial charge in [0.2, 0.25) is 0 Å². The summed E-state index contributed by atoms with van der Waals surface area (Å²) in [7, 11) is 0. The summed E-state index contributed by atoms with van der Waals surface area (Å²) in [6, 6.07) is 41.9. The van der Waals surface area contributed by atoms with Gasteiger partial charge in [0.15, 0.2) is 0 Å². The summed E-state index contributed by atoms with van der Waals surface area (Å²) >= 11 is 0. The molecule has 0 radical (unpaired) electrons. The third-order valence-corrected chi connectivity index (χ3v) is 8.03. The van der Waals surface area contributed by atoms with E-state index in [1.807, 2.05) is 0 Å². The molecular weight excluding hydrogens is 458 g/mol. The van der Waals surface area contributed by atoms with E-state index < -0.39 is 0 Å². The third kappa shape index (κ3) is 4.13. The first kappa shape index (κ1) is 24.2. The molecule has 1 nitrogen and oxygen atoms in total. The molecule has 0 atom stereocenters. The molecule has 0 aliphatic heterocycles. The van der Waals surface area contributed by atoms with E-state index >= 15 is 0 Å². The molecule has 38 heavy (non-hydrogen) atoms. The van der Waals surface area contributed by atoms with Crippen molar-refractivity contribution in [1.29, 1.82) is 0 Å². The fraction of sp³-hybridized carbons (Fsp3) is 0.189. The molecule has 6 rings (SSSR count). The van der Waals surface area contributed by atoms with Gasteiger partial charge in [-0.1, -0.05) is 132 Å². The third-order valence-electron chi connectivity index (χ3n) is 8.03. The van der Waals surface area contributed by atoms with E-state index in [1.165, 1.54) is 50.1 Å². The molecule has 0 fully saturated rings. The van der Waals surface area contributed by atoms with Crippen LogP contribution in [0.3, 0.4) is 0 Å². The van der Waals surface area contributed by atoms with Crippen LogP contribution in [-0.4, -0.2) is 0 Å². The van der Waals surface area contributed by atoms with Crippen molar-refractivity contribution in [2.75, 3.05) is 5.32 Å². The fourth-order valence-electron chi connectivity index (χ4n) is 5.97. The molecule has 0 amide bonds. The Hall–Kier alpha value is -4.10. The van der Waals surface area contributed by atoms with Crippen LogP contribution >= 0.6 is 0 Å². The highest BCUT2D eigenvalue weighted by Gasteiger charge is 2.37. The molecule has 1 aliphatic rings. The van der Waals surface area contributed by atoms with E-state index in [9.17, 15) is 0 Å². The summed E-state index contributed by atoms with van der Waals surface area (Å²) in [5.41, 5.74) is 14.1. The van der Waals surface area contributed by atoms with Crippen LogP contribution in [0.2, 0.25) is 0 Å². The van der Waals surface area contributed by atoms with Gasteiger partial charge in [0, 0.05) is 22.4 Å². The molecule has 0 saturated heterocycles. The summed E-state index contributed by atoms with van der Waals surface area (Å²) in [6.07, 6.45) is 0. The Balaban J connectivity index is 1.39. The molecule has 5 aromatic rings. The molecule has 0 aromatic heterocycles. The molecule has 188 valence electrons. The van der Waals surface area contributed by atoms with Gasteiger partial charge in [-0.15, -0.1) is 0 Å². The maximum atomic E-state index is 3.73. The van der Waals surface area contributed by atoms with Crippen LogP contribution in [0.15, 0.2) is 115 Å². The van der Waals surface area contributed by atoms with Crippen molar-refractivity contribution < 1.29 is 0 Å². The molecule has 1 N–H and O–H groups in total. The van der Waals surface area contributed by atoms with E-state index in [2.05, 4.69) is 155 Å². The maximum absolute atomic E-state index is 3.73. The van der Waals surface area contributed by atoms with Crippen LogP contribution in [-0.2, 0) is 10.8 Å². The number of nitrogens with one attached hydrogen (secondary N) is 1. The van der Waals surface area contributed by atoms with Crippen molar-refractivity contribution in [3.8, 4) is 33.4 Å². The number of rotatable bonds is 4. The second-order valence-electron chi connectivity index (χ2n) is 12.0. The van der Waals surface area contributed by atoms with Crippen LogP contribution in [0.25, 0.3) is 33.4 Å². The number of hydrogen-bond acceptors (Lipinski definition) is 1. The van der Waals surface area contributed by atoms with Crippen molar-refractivity contribution in [3.05, 3.63) is 132 Å². The molecule has 0 saturated carbocycles. The van der Waals surface area contributed by atoms with Crippen LogP contribution in [0, 0.1) is 0 Å². The Kier molecular flexibility index (Phi) is 5.76. The van der Waals surface area contributed by atoms with Gasteiger partial charge in [-0.3, -0.25) is 0 Å². The van der Waals surface area contributed by atoms with E-state index in [1.54, 1.807) is 0 Å². The van der Waals surface area contributed by atoms with Crippen LogP contribution in [0.4, 0.5) is 11.4 Å². The standard InChI is InChI=1S/C37H35N/c1-36(2,3)27-20-18-26(19-21-27)30-15-11-16-32-31-23-22-28(24-33(31)37(4,5)35(30)32)38-34-17-10-9-14-29(34)25-12-7-6-8-13-25/h6-24,38H,1-5H3. The summed E-state index contributed by atoms with van der Waals surface area (Å²) in [4.78, 5) is 0. The fourth-order valence-corrected chi connectivity index (χ4v) is 5.97. The lowest BCUT2D eigenvalue weighted by Gasteiger charge is -2.25. The van der Waals surface area contributed by atoms with Gasteiger partial charge in [-0.05, 0) is 68.1 Å². The lowest BCUT2D eigenvalue weighted by molar-refractivity contribution is 0.590. The lowest BCUT2D eigenvalue weighted by Crippen LogP contribution is -2.16. The number of fused-ring (bicyclic) bond motifs is 3. The monoisotopic (exact) mass is 493 g/mol. The topological polar surface area (TPSA) is 12.0 Å². The smallest absolute Gasteiger partial charge is 0.0463 e. The molecular formula is C37H35N. The average Bonchev–Trinajstić information content (AvgIpc) is 3.15. The SMILES string of the molecule is CC(C)(C)c1ccc(-c2cccc3c2C(C)(C)c2cc(Nc4ccccc4-c4ccccc4)ccc2-3)cc1. The minimum Gasteiger partial charge on any atom is -0.355 e. The van der Waals surface area contributed by atoms with Crippen LogP contribution in [0.5, 0.6) is 0 Å². The number of benzene rings is 5. The van der Waals surface area contributed by atoms with E-state index in [-0.39, 0.29) is 10.8 Å². The number of para-hydroxylation sites is 1. The Morgan fingerprint density at radius 3 is 1.92 bits per heavy atom. The molecule has 5 aromatic carbocycles. The Morgan fingerprint density at radius 1 is 0.553 bits per heavy atom. The molecule has 1 heteroatoms. The molecule has 1 aliphatic carbocycles. The second-order valence-corrected chi connectivity index (χ2v) is 12.0. The summed E-state index contributed by atoms with van der Waals surface area (Å²) in [5, 5.41) is 3.73. The van der Waals surface area contributed by atoms with E-state index in [0.29, 0.717) is 0 Å². The zero-order valence-electron chi connectivity index (χ0n) is 23.0. The van der Waals surface area contributed by atoms with Crippen molar-refractivity contribution in [1.82, 2.24) is 0 Å². The van der Waals surface area contributed by atoms with Crippen molar-refractivity contribution >= 4 is 11.4 Å². The maximum Gasteiger partial charge on any atom is 0.0463 e. The normalized spacial score (nSPS) is 13.6. The van der Waals surface area contributed by atoms with Gasteiger partial charge in [-0.25, -0.2) is 0 Å². The predicted octanol–water partition coefficient (Wildman–Crippen LogP) is 10.4. The summed E-state index contributed by atoms with van der Waals surface area (Å²) in [5.74, 6) is 0. The number of anilines is 2. The van der Waals surface area contributed by atoms with Gasteiger partial charge < -0.3 is 5.32 Å². The minimum absolute atomic E-state index is 0.111. The molecule has 0 heterocycles. The highest BCUT2D eigenvalue weighted by atomic mass is 14.9. The summed E-state index contributed by atoms with van der Waals surface area (Å²) < 4.78 is 0. The highest BCUT2D eigenvalue weighted by molar-refractivity contribution is 5.90. The predicted molar refractivity (Wildman–Crippen MR) is 163 cm³/mol. The van der Waals surface area contributed by atoms with Gasteiger partial charge in [0.25, 0.3) is 0 Å². The lowest BCUT2D eigenvalue weighted by atomic mass is 9.78. The molecule has 0 unspecified atom stereocenters. The second kappa shape index (κ2) is 9.03. The zero-order valence-corrected chi connectivity index (χ0v) is 23.0. The van der Waals surface area contributed by atoms with Crippen molar-refractivity contribution in [2.24, 2.45) is 0 Å². The molecule has 0 bridgehead atoms. The summed E-state index contributed by atoms with van der Waals surface area (Å²) in [6.45, 7) is 11.5. The van der Waals surface area contributed by atoms with Gasteiger partial charge in [0.1, 0.15) is 0 Å². The first-order valence-electron chi connectivity index (χ1n) is 13.5. The van der Waals surface area contributed by atoms with E-state index in [0.717, 1.165) is 11.4 Å². The average molecular weight is 494 g/mol. The van der Waals surface area contributed by atoms with E-state index in [4.69, 9.17) is 0 Å². The molecule has 0 spiro atoms. The van der Waals surface area contributed by atoms with Gasteiger partial charge in [0.05, 0.1) is 0 Å². The Labute approximate surface area is 227 Å². The first-order chi connectivity index (χ1) is 18.2. The number of hydrogen-bond donors (Lipinski definition) is 1. The highest BCUT2D eigenvalue weighted by Crippen LogP contribution is 2.53. The zero-order chi connectivity index (χ0) is 26.5. The van der Waals surface area contributed by atoms with Crippen LogP contribution < -0.4 is 5.32 Å². The van der Waals surface area contributed by atoms with Gasteiger partial charge in [-0.2, -0.15) is 0 Å². The van der Waals surface area contributed by atoms with Gasteiger partial charge >= 0.3 is 0 Å². The van der Waals surface area contributed by atoms with Crippen molar-refractivity contribution in [3.63, 3.8) is 0 Å². The van der Waals surface area contributed by atoms with Crippen LogP contribution in [0.1, 0.15) is 51.3 Å². The Bertz CT molecular complexity index is 1620. The van der Waals surface area contributed by atoms with Crippen molar-refractivity contribution in [2.45, 2.75) is 45.4 Å². The minimum atomic E-state index is -0.111. The largest absolute Gasteiger partial charge is 0.355 e. The first-order valence-corrected chi connectivity index (χ1v) is 13.5.